The van der Waals surface area contributed by atoms with Crippen LogP contribution in [0.5, 0.6) is 0 Å². The van der Waals surface area contributed by atoms with Gasteiger partial charge in [0, 0.05) is 11.7 Å². The van der Waals surface area contributed by atoms with Crippen molar-refractivity contribution in [1.29, 1.82) is 5.26 Å². The fourth-order valence-electron chi connectivity index (χ4n) is 1.67. The average Bonchev–Trinajstić information content (AvgIpc) is 3.19. The summed E-state index contributed by atoms with van der Waals surface area (Å²) in [5, 5.41) is 14.0. The molecule has 106 valence electrons. The van der Waals surface area contributed by atoms with E-state index < -0.39 is 17.3 Å². The Morgan fingerprint density at radius 1 is 1.40 bits per heavy atom. The normalized spacial score (nSPS) is 14.5. The third-order valence-corrected chi connectivity index (χ3v) is 2.84. The van der Waals surface area contributed by atoms with Gasteiger partial charge in [0.15, 0.2) is 0 Å². The van der Waals surface area contributed by atoms with Crippen LogP contribution in [0.1, 0.15) is 24.0 Å². The number of alkyl halides is 3. The second-order valence-corrected chi connectivity index (χ2v) is 4.57. The van der Waals surface area contributed by atoms with Gasteiger partial charge < -0.3 is 10.6 Å². The summed E-state index contributed by atoms with van der Waals surface area (Å²) in [4.78, 5) is 11.4. The summed E-state index contributed by atoms with van der Waals surface area (Å²) in [6.45, 7) is -0.0975. The number of carbonyl (C=O) groups is 1. The topological polar surface area (TPSA) is 64.9 Å². The van der Waals surface area contributed by atoms with Gasteiger partial charge in [0.1, 0.15) is 0 Å². The van der Waals surface area contributed by atoms with Gasteiger partial charge in [-0.3, -0.25) is 4.79 Å². The van der Waals surface area contributed by atoms with Gasteiger partial charge >= 0.3 is 6.18 Å². The van der Waals surface area contributed by atoms with Crippen LogP contribution < -0.4 is 10.6 Å². The standard InChI is InChI=1S/C13H12F3N3O/c14-13(15,16)11-5-10(2-1-8(11)6-17)18-7-12(20)19-9-3-4-9/h1-2,5,9,18H,3-4,7H2,(H,19,20). The van der Waals surface area contributed by atoms with Crippen LogP contribution in [0.4, 0.5) is 18.9 Å². The highest BCUT2D eigenvalue weighted by molar-refractivity contribution is 5.81. The van der Waals surface area contributed by atoms with E-state index in [4.69, 9.17) is 5.26 Å². The van der Waals surface area contributed by atoms with E-state index in [-0.39, 0.29) is 24.2 Å². The van der Waals surface area contributed by atoms with E-state index in [2.05, 4.69) is 10.6 Å². The van der Waals surface area contributed by atoms with Crippen LogP contribution >= 0.6 is 0 Å². The maximum atomic E-state index is 12.7. The van der Waals surface area contributed by atoms with Gasteiger partial charge in [-0.1, -0.05) is 0 Å². The molecule has 0 bridgehead atoms. The Balaban J connectivity index is 2.05. The monoisotopic (exact) mass is 283 g/mol. The van der Waals surface area contributed by atoms with Crippen LogP contribution in [0.15, 0.2) is 18.2 Å². The van der Waals surface area contributed by atoms with Crippen molar-refractivity contribution in [2.75, 3.05) is 11.9 Å². The number of rotatable bonds is 4. The number of nitrogens with zero attached hydrogens (tertiary/aromatic N) is 1. The Bertz CT molecular complexity index is 559. The fourth-order valence-corrected chi connectivity index (χ4v) is 1.67. The number of carbonyl (C=O) groups excluding carboxylic acids is 1. The number of hydrogen-bond acceptors (Lipinski definition) is 3. The van der Waals surface area contributed by atoms with E-state index in [0.717, 1.165) is 25.0 Å². The quantitative estimate of drug-likeness (QED) is 0.891. The van der Waals surface area contributed by atoms with Crippen LogP contribution in [-0.4, -0.2) is 18.5 Å². The highest BCUT2D eigenvalue weighted by Gasteiger charge is 2.33. The zero-order valence-electron chi connectivity index (χ0n) is 10.4. The van der Waals surface area contributed by atoms with Crippen LogP contribution in [-0.2, 0) is 11.0 Å². The first-order chi connectivity index (χ1) is 9.40. The molecule has 0 atom stereocenters. The first-order valence-electron chi connectivity index (χ1n) is 6.04. The van der Waals surface area contributed by atoms with Gasteiger partial charge in [0.25, 0.3) is 0 Å². The molecular weight excluding hydrogens is 271 g/mol. The minimum Gasteiger partial charge on any atom is -0.376 e. The molecule has 0 aliphatic heterocycles. The van der Waals surface area contributed by atoms with E-state index in [0.29, 0.717) is 0 Å². The predicted octanol–water partition coefficient (Wildman–Crippen LogP) is 2.27. The molecule has 0 unspecified atom stereocenters. The highest BCUT2D eigenvalue weighted by atomic mass is 19.4. The van der Waals surface area contributed by atoms with Crippen molar-refractivity contribution in [2.24, 2.45) is 0 Å². The number of hydrogen-bond donors (Lipinski definition) is 2. The van der Waals surface area contributed by atoms with Crippen molar-refractivity contribution in [2.45, 2.75) is 25.1 Å². The summed E-state index contributed by atoms with van der Waals surface area (Å²) >= 11 is 0. The molecule has 0 saturated heterocycles. The lowest BCUT2D eigenvalue weighted by atomic mass is 10.1. The zero-order chi connectivity index (χ0) is 14.8. The lowest BCUT2D eigenvalue weighted by Crippen LogP contribution is -2.31. The number of amides is 1. The van der Waals surface area contributed by atoms with E-state index in [9.17, 15) is 18.0 Å². The molecule has 7 heteroatoms. The maximum absolute atomic E-state index is 12.7. The molecule has 1 amide bonds. The van der Waals surface area contributed by atoms with Gasteiger partial charge in [-0.25, -0.2) is 0 Å². The number of benzene rings is 1. The summed E-state index contributed by atoms with van der Waals surface area (Å²) in [6, 6.07) is 4.98. The molecule has 1 fully saturated rings. The van der Waals surface area contributed by atoms with Crippen LogP contribution in [0, 0.1) is 11.3 Å². The first kappa shape index (κ1) is 14.2. The lowest BCUT2D eigenvalue weighted by Gasteiger charge is -2.12. The van der Waals surface area contributed by atoms with Gasteiger partial charge in [-0.05, 0) is 31.0 Å². The molecule has 4 nitrogen and oxygen atoms in total. The van der Waals surface area contributed by atoms with Crippen molar-refractivity contribution < 1.29 is 18.0 Å². The molecule has 0 aromatic heterocycles. The first-order valence-corrected chi connectivity index (χ1v) is 6.04. The molecule has 1 aliphatic carbocycles. The zero-order valence-corrected chi connectivity index (χ0v) is 10.4. The summed E-state index contributed by atoms with van der Waals surface area (Å²) in [5.41, 5.74) is -1.29. The van der Waals surface area contributed by atoms with E-state index >= 15 is 0 Å². The lowest BCUT2D eigenvalue weighted by molar-refractivity contribution is -0.137. The molecule has 0 heterocycles. The molecule has 1 aromatic carbocycles. The second kappa shape index (κ2) is 5.41. The Morgan fingerprint density at radius 3 is 2.65 bits per heavy atom. The van der Waals surface area contributed by atoms with Crippen molar-refractivity contribution in [3.63, 3.8) is 0 Å². The minimum absolute atomic E-state index is 0.0975. The van der Waals surface area contributed by atoms with Crippen LogP contribution in [0.25, 0.3) is 0 Å². The number of nitrogens with one attached hydrogen (secondary N) is 2. The largest absolute Gasteiger partial charge is 0.417 e. The van der Waals surface area contributed by atoms with Gasteiger partial charge in [0.05, 0.1) is 23.7 Å². The molecule has 1 aliphatic rings. The summed E-state index contributed by atoms with van der Waals surface area (Å²) < 4.78 is 38.2. The van der Waals surface area contributed by atoms with Crippen molar-refractivity contribution in [1.82, 2.24) is 5.32 Å². The number of halogens is 3. The Hall–Kier alpha value is -2.23. The molecule has 0 spiro atoms. The molecule has 2 rings (SSSR count). The van der Waals surface area contributed by atoms with Gasteiger partial charge in [-0.2, -0.15) is 18.4 Å². The summed E-state index contributed by atoms with van der Waals surface area (Å²) in [7, 11) is 0. The minimum atomic E-state index is -4.60. The molecule has 1 aromatic rings. The average molecular weight is 283 g/mol. The van der Waals surface area contributed by atoms with Crippen molar-refractivity contribution >= 4 is 11.6 Å². The van der Waals surface area contributed by atoms with Gasteiger partial charge in [0.2, 0.25) is 5.91 Å². The highest BCUT2D eigenvalue weighted by Crippen LogP contribution is 2.33. The van der Waals surface area contributed by atoms with Crippen LogP contribution in [0.2, 0.25) is 0 Å². The Labute approximate surface area is 113 Å². The molecule has 2 N–H and O–H groups in total. The smallest absolute Gasteiger partial charge is 0.376 e. The predicted molar refractivity (Wildman–Crippen MR) is 65.8 cm³/mol. The SMILES string of the molecule is N#Cc1ccc(NCC(=O)NC2CC2)cc1C(F)(F)F. The molecular formula is C13H12F3N3O. The maximum Gasteiger partial charge on any atom is 0.417 e. The van der Waals surface area contributed by atoms with E-state index in [1.54, 1.807) is 0 Å². The Morgan fingerprint density at radius 2 is 2.10 bits per heavy atom. The third kappa shape index (κ3) is 3.63. The van der Waals surface area contributed by atoms with Gasteiger partial charge in [-0.15, -0.1) is 0 Å². The van der Waals surface area contributed by atoms with Crippen LogP contribution in [0.3, 0.4) is 0 Å². The molecule has 0 radical (unpaired) electrons. The Kier molecular flexibility index (Phi) is 3.84. The molecule has 20 heavy (non-hydrogen) atoms. The summed E-state index contributed by atoms with van der Waals surface area (Å²) in [5.74, 6) is -0.259. The second-order valence-electron chi connectivity index (χ2n) is 4.57. The number of nitriles is 1. The fraction of sp³-hybridized carbons (Fsp3) is 0.385. The summed E-state index contributed by atoms with van der Waals surface area (Å²) in [6.07, 6.45) is -2.71. The third-order valence-electron chi connectivity index (χ3n) is 2.84. The van der Waals surface area contributed by atoms with Crippen molar-refractivity contribution in [3.05, 3.63) is 29.3 Å². The van der Waals surface area contributed by atoms with E-state index in [1.165, 1.54) is 12.1 Å². The number of anilines is 1. The van der Waals surface area contributed by atoms with E-state index in [1.807, 2.05) is 0 Å². The molecule has 1 saturated carbocycles. The van der Waals surface area contributed by atoms with Crippen molar-refractivity contribution in [3.8, 4) is 6.07 Å².